The third-order valence-corrected chi connectivity index (χ3v) is 2.47. The molecule has 5 nitrogen and oxygen atoms in total. The molecule has 19 heavy (non-hydrogen) atoms. The first kappa shape index (κ1) is 12.7. The lowest BCUT2D eigenvalue weighted by Crippen LogP contribution is -1.99. The molecule has 0 radical (unpaired) electrons. The van der Waals surface area contributed by atoms with Gasteiger partial charge in [-0.2, -0.15) is 0 Å². The number of aromatic nitrogens is 2. The molecular weight excluding hydrogens is 242 g/mol. The van der Waals surface area contributed by atoms with Crippen LogP contribution in [0.3, 0.4) is 0 Å². The molecule has 0 aliphatic heterocycles. The van der Waals surface area contributed by atoms with Crippen molar-refractivity contribution in [2.75, 3.05) is 19.5 Å². The summed E-state index contributed by atoms with van der Waals surface area (Å²) in [5, 5.41) is 0. The molecule has 2 N–H and O–H groups in total. The van der Waals surface area contributed by atoms with E-state index in [0.717, 1.165) is 5.56 Å². The molecular formula is C14H13N3O2. The highest BCUT2D eigenvalue weighted by molar-refractivity contribution is 5.71. The second kappa shape index (κ2) is 5.74. The second-order valence-electron chi connectivity index (χ2n) is 3.65. The molecule has 0 unspecified atom stereocenters. The van der Waals surface area contributed by atoms with E-state index in [1.54, 1.807) is 31.6 Å². The highest BCUT2D eigenvalue weighted by Gasteiger charge is 2.10. The molecule has 0 spiro atoms. The van der Waals surface area contributed by atoms with Gasteiger partial charge in [-0.25, -0.2) is 4.98 Å². The van der Waals surface area contributed by atoms with Gasteiger partial charge in [0.05, 0.1) is 7.11 Å². The van der Waals surface area contributed by atoms with Gasteiger partial charge in [-0.05, 0) is 18.2 Å². The minimum atomic E-state index is 0.184. The van der Waals surface area contributed by atoms with Crippen molar-refractivity contribution in [3.63, 3.8) is 0 Å². The van der Waals surface area contributed by atoms with E-state index in [0.29, 0.717) is 23.0 Å². The molecule has 1 heterocycles. The molecule has 1 aromatic heterocycles. The average Bonchev–Trinajstić information content (AvgIpc) is 2.45. The van der Waals surface area contributed by atoms with E-state index >= 15 is 0 Å². The van der Waals surface area contributed by atoms with Gasteiger partial charge in [0.25, 0.3) is 0 Å². The van der Waals surface area contributed by atoms with Crippen molar-refractivity contribution >= 4 is 5.82 Å². The summed E-state index contributed by atoms with van der Waals surface area (Å²) < 4.78 is 10.6. The van der Waals surface area contributed by atoms with Crippen molar-refractivity contribution in [1.82, 2.24) is 9.97 Å². The van der Waals surface area contributed by atoms with Crippen molar-refractivity contribution in [2.24, 2.45) is 0 Å². The summed E-state index contributed by atoms with van der Waals surface area (Å²) in [6, 6.07) is 5.38. The van der Waals surface area contributed by atoms with Crippen LogP contribution in [0.4, 0.5) is 5.82 Å². The minimum Gasteiger partial charge on any atom is -0.493 e. The van der Waals surface area contributed by atoms with Crippen molar-refractivity contribution in [1.29, 1.82) is 0 Å². The smallest absolute Gasteiger partial charge is 0.162 e. The number of nitrogens with two attached hydrogens (primary N) is 1. The monoisotopic (exact) mass is 255 g/mol. The van der Waals surface area contributed by atoms with Crippen LogP contribution in [0.2, 0.25) is 0 Å². The summed E-state index contributed by atoms with van der Waals surface area (Å²) >= 11 is 0. The molecule has 1 aromatic carbocycles. The minimum absolute atomic E-state index is 0.184. The first-order valence-electron chi connectivity index (χ1n) is 5.57. The normalized spacial score (nSPS) is 9.68. The Hall–Kier alpha value is -2.74. The largest absolute Gasteiger partial charge is 0.493 e. The van der Waals surface area contributed by atoms with Gasteiger partial charge in [-0.15, -0.1) is 6.42 Å². The van der Waals surface area contributed by atoms with Crippen molar-refractivity contribution < 1.29 is 9.47 Å². The molecule has 0 saturated carbocycles. The Morgan fingerprint density at radius 2 is 2.05 bits per heavy atom. The summed E-state index contributed by atoms with van der Waals surface area (Å²) in [7, 11) is 1.56. The number of nitrogen functional groups attached to an aromatic ring is 1. The lowest BCUT2D eigenvalue weighted by molar-refractivity contribution is 0.331. The topological polar surface area (TPSA) is 70.3 Å². The number of ether oxygens (including phenoxy) is 2. The summed E-state index contributed by atoms with van der Waals surface area (Å²) in [6.45, 7) is 0.184. The second-order valence-corrected chi connectivity index (χ2v) is 3.65. The fourth-order valence-corrected chi connectivity index (χ4v) is 1.62. The van der Waals surface area contributed by atoms with Crippen LogP contribution in [0.15, 0.2) is 30.6 Å². The van der Waals surface area contributed by atoms with E-state index < -0.39 is 0 Å². The van der Waals surface area contributed by atoms with Crippen LogP contribution >= 0.6 is 0 Å². The van der Waals surface area contributed by atoms with Crippen LogP contribution in [0, 0.1) is 12.3 Å². The zero-order valence-electron chi connectivity index (χ0n) is 10.5. The average molecular weight is 255 g/mol. The molecule has 0 saturated heterocycles. The van der Waals surface area contributed by atoms with Crippen molar-refractivity contribution in [3.8, 4) is 35.1 Å². The molecule has 0 bridgehead atoms. The van der Waals surface area contributed by atoms with Crippen LogP contribution in [-0.2, 0) is 0 Å². The lowest BCUT2D eigenvalue weighted by Gasteiger charge is -2.11. The van der Waals surface area contributed by atoms with E-state index in [9.17, 15) is 0 Å². The molecule has 0 atom stereocenters. The van der Waals surface area contributed by atoms with E-state index in [1.807, 2.05) is 6.07 Å². The maximum Gasteiger partial charge on any atom is 0.162 e. The molecule has 0 aliphatic rings. The van der Waals surface area contributed by atoms with Gasteiger partial charge in [0, 0.05) is 18.0 Å². The number of nitrogens with zero attached hydrogens (tertiary/aromatic N) is 2. The quantitative estimate of drug-likeness (QED) is 0.843. The summed E-state index contributed by atoms with van der Waals surface area (Å²) in [5.41, 5.74) is 7.19. The first-order valence-corrected chi connectivity index (χ1v) is 5.57. The van der Waals surface area contributed by atoms with Crippen LogP contribution < -0.4 is 15.2 Å². The third-order valence-electron chi connectivity index (χ3n) is 2.47. The molecule has 0 fully saturated rings. The number of hydrogen-bond donors (Lipinski definition) is 1. The molecule has 0 amide bonds. The Morgan fingerprint density at radius 3 is 2.74 bits per heavy atom. The van der Waals surface area contributed by atoms with Crippen LogP contribution in [0.25, 0.3) is 11.3 Å². The fraction of sp³-hybridized carbons (Fsp3) is 0.143. The zero-order valence-corrected chi connectivity index (χ0v) is 10.5. The number of benzene rings is 1. The highest BCUT2D eigenvalue weighted by Crippen LogP contribution is 2.32. The van der Waals surface area contributed by atoms with Gasteiger partial charge in [0.2, 0.25) is 0 Å². The van der Waals surface area contributed by atoms with Crippen LogP contribution in [0.5, 0.6) is 11.5 Å². The fourth-order valence-electron chi connectivity index (χ4n) is 1.62. The maximum absolute atomic E-state index is 5.79. The molecule has 5 heteroatoms. The van der Waals surface area contributed by atoms with E-state index in [-0.39, 0.29) is 6.61 Å². The van der Waals surface area contributed by atoms with Crippen LogP contribution in [0.1, 0.15) is 0 Å². The van der Waals surface area contributed by atoms with Gasteiger partial charge in [0.1, 0.15) is 18.1 Å². The molecule has 2 rings (SSSR count). The van der Waals surface area contributed by atoms with Crippen molar-refractivity contribution in [2.45, 2.75) is 0 Å². The summed E-state index contributed by atoms with van der Waals surface area (Å²) in [5.74, 6) is 3.91. The number of anilines is 1. The van der Waals surface area contributed by atoms with Gasteiger partial charge in [-0.1, -0.05) is 5.92 Å². The van der Waals surface area contributed by atoms with Gasteiger partial charge >= 0.3 is 0 Å². The van der Waals surface area contributed by atoms with Gasteiger partial charge in [-0.3, -0.25) is 4.98 Å². The van der Waals surface area contributed by atoms with Gasteiger partial charge in [0.15, 0.2) is 11.5 Å². The predicted molar refractivity (Wildman–Crippen MR) is 72.8 cm³/mol. The Balaban J connectivity index is 2.40. The Morgan fingerprint density at radius 1 is 1.26 bits per heavy atom. The summed E-state index contributed by atoms with van der Waals surface area (Å²) in [4.78, 5) is 8.20. The Bertz CT molecular complexity index is 620. The maximum atomic E-state index is 5.79. The lowest BCUT2D eigenvalue weighted by atomic mass is 10.1. The molecule has 96 valence electrons. The van der Waals surface area contributed by atoms with E-state index in [4.69, 9.17) is 21.6 Å². The summed E-state index contributed by atoms with van der Waals surface area (Å²) in [6.07, 6.45) is 8.28. The SMILES string of the molecule is C#CCOc1ccc(-c2nccnc2N)cc1OC. The first-order chi connectivity index (χ1) is 9.26. The number of hydrogen-bond acceptors (Lipinski definition) is 5. The number of methoxy groups -OCH3 is 1. The van der Waals surface area contributed by atoms with Crippen molar-refractivity contribution in [3.05, 3.63) is 30.6 Å². The zero-order chi connectivity index (χ0) is 13.7. The number of terminal acetylenes is 1. The third kappa shape index (κ3) is 2.75. The van der Waals surface area contributed by atoms with Gasteiger partial charge < -0.3 is 15.2 Å². The van der Waals surface area contributed by atoms with E-state index in [2.05, 4.69) is 15.9 Å². The Labute approximate surface area is 111 Å². The predicted octanol–water partition coefficient (Wildman–Crippen LogP) is 1.75. The van der Waals surface area contributed by atoms with E-state index in [1.165, 1.54) is 0 Å². The molecule has 0 aliphatic carbocycles. The standard InChI is InChI=1S/C14H13N3O2/c1-3-8-19-11-5-4-10(9-12(11)18-2)13-14(15)17-7-6-16-13/h1,4-7,9H,8H2,2H3,(H2,15,17). The Kier molecular flexibility index (Phi) is 3.84. The molecule has 2 aromatic rings. The number of rotatable bonds is 4. The highest BCUT2D eigenvalue weighted by atomic mass is 16.5. The van der Waals surface area contributed by atoms with Crippen LogP contribution in [-0.4, -0.2) is 23.7 Å².